The Labute approximate surface area is 165 Å². The van der Waals surface area contributed by atoms with Gasteiger partial charge in [0.2, 0.25) is 0 Å². The second-order valence-corrected chi connectivity index (χ2v) is 7.14. The van der Waals surface area contributed by atoms with Gasteiger partial charge in [-0.1, -0.05) is 61.4 Å². The van der Waals surface area contributed by atoms with Crippen molar-refractivity contribution < 1.29 is 4.79 Å². The van der Waals surface area contributed by atoms with E-state index in [0.29, 0.717) is 18.3 Å². The molecule has 0 aliphatic heterocycles. The number of amides is 1. The summed E-state index contributed by atoms with van der Waals surface area (Å²) in [7, 11) is 0. The average Bonchev–Trinajstić information content (AvgIpc) is 3.26. The Hall–Kier alpha value is -3.21. The van der Waals surface area contributed by atoms with Gasteiger partial charge in [0.15, 0.2) is 5.69 Å². The number of aromatic nitrogens is 2. The quantitative estimate of drug-likeness (QED) is 0.683. The second kappa shape index (κ2) is 8.65. The van der Waals surface area contributed by atoms with Crippen LogP contribution in [0.3, 0.4) is 0 Å². The summed E-state index contributed by atoms with van der Waals surface area (Å²) >= 11 is 0. The SMILES string of the molecule is O=C(c1ccc(NC2CCCC2)nn1)N(Cc1ccccc1)c1ccccc1. The van der Waals surface area contributed by atoms with E-state index in [9.17, 15) is 4.79 Å². The summed E-state index contributed by atoms with van der Waals surface area (Å²) in [5.41, 5.74) is 2.25. The number of carbonyl (C=O) groups is 1. The van der Waals surface area contributed by atoms with Crippen LogP contribution in [0.15, 0.2) is 72.8 Å². The highest BCUT2D eigenvalue weighted by atomic mass is 16.2. The zero-order chi connectivity index (χ0) is 19.2. The average molecular weight is 372 g/mol. The van der Waals surface area contributed by atoms with E-state index >= 15 is 0 Å². The molecule has 1 amide bonds. The van der Waals surface area contributed by atoms with Crippen LogP contribution in [0.1, 0.15) is 41.7 Å². The van der Waals surface area contributed by atoms with Crippen molar-refractivity contribution in [3.63, 3.8) is 0 Å². The molecule has 142 valence electrons. The van der Waals surface area contributed by atoms with Gasteiger partial charge in [0, 0.05) is 11.7 Å². The zero-order valence-electron chi connectivity index (χ0n) is 15.8. The Morgan fingerprint density at radius 3 is 2.21 bits per heavy atom. The van der Waals surface area contributed by atoms with Crippen molar-refractivity contribution in [1.82, 2.24) is 10.2 Å². The number of para-hydroxylation sites is 1. The first kappa shape index (κ1) is 18.2. The molecule has 3 aromatic rings. The summed E-state index contributed by atoms with van der Waals surface area (Å²) < 4.78 is 0. The molecule has 1 aromatic heterocycles. The molecule has 0 saturated heterocycles. The number of carbonyl (C=O) groups excluding carboxylic acids is 1. The number of benzene rings is 2. The molecule has 1 aliphatic carbocycles. The van der Waals surface area contributed by atoms with Crippen LogP contribution in [0.25, 0.3) is 0 Å². The third kappa shape index (κ3) is 4.36. The van der Waals surface area contributed by atoms with Gasteiger partial charge in [-0.25, -0.2) is 0 Å². The minimum atomic E-state index is -0.157. The molecule has 1 aliphatic rings. The molecule has 1 N–H and O–H groups in total. The van der Waals surface area contributed by atoms with Crippen molar-refractivity contribution in [2.45, 2.75) is 38.3 Å². The third-order valence-corrected chi connectivity index (χ3v) is 5.09. The van der Waals surface area contributed by atoms with Crippen LogP contribution in [-0.2, 0) is 6.54 Å². The van der Waals surface area contributed by atoms with E-state index in [1.54, 1.807) is 11.0 Å². The fourth-order valence-corrected chi connectivity index (χ4v) is 3.60. The van der Waals surface area contributed by atoms with Gasteiger partial charge in [-0.05, 0) is 42.7 Å². The predicted molar refractivity (Wildman–Crippen MR) is 111 cm³/mol. The molecular formula is C23H24N4O. The molecule has 0 bridgehead atoms. The lowest BCUT2D eigenvalue weighted by Crippen LogP contribution is -2.31. The van der Waals surface area contributed by atoms with Gasteiger partial charge in [-0.15, -0.1) is 10.2 Å². The molecule has 2 aromatic carbocycles. The molecule has 0 atom stereocenters. The van der Waals surface area contributed by atoms with Crippen LogP contribution in [-0.4, -0.2) is 22.1 Å². The molecule has 1 heterocycles. The minimum Gasteiger partial charge on any atom is -0.366 e. The van der Waals surface area contributed by atoms with Crippen molar-refractivity contribution in [2.24, 2.45) is 0 Å². The summed E-state index contributed by atoms with van der Waals surface area (Å²) in [6.45, 7) is 0.480. The molecule has 0 radical (unpaired) electrons. The van der Waals surface area contributed by atoms with Crippen LogP contribution in [0.4, 0.5) is 11.5 Å². The van der Waals surface area contributed by atoms with E-state index in [4.69, 9.17) is 0 Å². The van der Waals surface area contributed by atoms with Gasteiger partial charge in [0.1, 0.15) is 5.82 Å². The lowest BCUT2D eigenvalue weighted by molar-refractivity contribution is 0.0979. The topological polar surface area (TPSA) is 58.1 Å². The number of nitrogens with zero attached hydrogens (tertiary/aromatic N) is 3. The Kier molecular flexibility index (Phi) is 5.61. The van der Waals surface area contributed by atoms with E-state index in [1.165, 1.54) is 25.7 Å². The molecule has 5 heteroatoms. The van der Waals surface area contributed by atoms with Gasteiger partial charge in [-0.3, -0.25) is 4.79 Å². The fourth-order valence-electron chi connectivity index (χ4n) is 3.60. The second-order valence-electron chi connectivity index (χ2n) is 7.14. The first-order valence-corrected chi connectivity index (χ1v) is 9.81. The van der Waals surface area contributed by atoms with Crippen molar-refractivity contribution in [1.29, 1.82) is 0 Å². The van der Waals surface area contributed by atoms with Gasteiger partial charge in [0.25, 0.3) is 5.91 Å². The lowest BCUT2D eigenvalue weighted by atomic mass is 10.2. The van der Waals surface area contributed by atoms with Gasteiger partial charge in [-0.2, -0.15) is 0 Å². The number of nitrogens with one attached hydrogen (secondary N) is 1. The highest BCUT2D eigenvalue weighted by molar-refractivity contribution is 6.04. The predicted octanol–water partition coefficient (Wildman–Crippen LogP) is 4.68. The Balaban J connectivity index is 1.54. The number of hydrogen-bond acceptors (Lipinski definition) is 4. The highest BCUT2D eigenvalue weighted by Crippen LogP contribution is 2.22. The minimum absolute atomic E-state index is 0.157. The maximum absolute atomic E-state index is 13.2. The summed E-state index contributed by atoms with van der Waals surface area (Å²) in [6.07, 6.45) is 4.85. The normalized spacial score (nSPS) is 14.0. The first-order valence-electron chi connectivity index (χ1n) is 9.81. The monoisotopic (exact) mass is 372 g/mol. The van der Waals surface area contributed by atoms with E-state index in [2.05, 4.69) is 15.5 Å². The van der Waals surface area contributed by atoms with Crippen LogP contribution in [0.5, 0.6) is 0 Å². The van der Waals surface area contributed by atoms with Crippen LogP contribution in [0.2, 0.25) is 0 Å². The van der Waals surface area contributed by atoms with Gasteiger partial charge < -0.3 is 10.2 Å². The van der Waals surface area contributed by atoms with E-state index in [0.717, 1.165) is 17.1 Å². The van der Waals surface area contributed by atoms with Gasteiger partial charge >= 0.3 is 0 Å². The standard InChI is InChI=1S/C23H24N4O/c28-23(21-15-16-22(26-25-21)24-19-11-7-8-12-19)27(20-13-5-2-6-14-20)17-18-9-3-1-4-10-18/h1-6,9-10,13-16,19H,7-8,11-12,17H2,(H,24,26). The Morgan fingerprint density at radius 2 is 1.57 bits per heavy atom. The molecule has 28 heavy (non-hydrogen) atoms. The van der Waals surface area contributed by atoms with Crippen molar-refractivity contribution in [3.8, 4) is 0 Å². The van der Waals surface area contributed by atoms with E-state index in [-0.39, 0.29) is 5.91 Å². The largest absolute Gasteiger partial charge is 0.366 e. The molecule has 5 nitrogen and oxygen atoms in total. The van der Waals surface area contributed by atoms with Crippen molar-refractivity contribution >= 4 is 17.4 Å². The molecular weight excluding hydrogens is 348 g/mol. The van der Waals surface area contributed by atoms with Crippen molar-refractivity contribution in [2.75, 3.05) is 10.2 Å². The highest BCUT2D eigenvalue weighted by Gasteiger charge is 2.20. The molecule has 1 fully saturated rings. The lowest BCUT2D eigenvalue weighted by Gasteiger charge is -2.22. The molecule has 4 rings (SSSR count). The Morgan fingerprint density at radius 1 is 0.893 bits per heavy atom. The zero-order valence-corrected chi connectivity index (χ0v) is 15.8. The van der Waals surface area contributed by atoms with Crippen LogP contribution < -0.4 is 10.2 Å². The Bertz CT molecular complexity index is 891. The summed E-state index contributed by atoms with van der Waals surface area (Å²) in [6, 6.07) is 23.7. The third-order valence-electron chi connectivity index (χ3n) is 5.09. The van der Waals surface area contributed by atoms with Crippen LogP contribution in [0, 0.1) is 0 Å². The summed E-state index contributed by atoms with van der Waals surface area (Å²) in [5, 5.41) is 11.9. The molecule has 1 saturated carbocycles. The summed E-state index contributed by atoms with van der Waals surface area (Å²) in [4.78, 5) is 14.9. The van der Waals surface area contributed by atoms with Crippen LogP contribution >= 0.6 is 0 Å². The first-order chi connectivity index (χ1) is 13.8. The number of rotatable bonds is 6. The number of hydrogen-bond donors (Lipinski definition) is 1. The maximum atomic E-state index is 13.2. The smallest absolute Gasteiger partial charge is 0.279 e. The number of anilines is 2. The van der Waals surface area contributed by atoms with Gasteiger partial charge in [0.05, 0.1) is 6.54 Å². The maximum Gasteiger partial charge on any atom is 0.279 e. The summed E-state index contributed by atoms with van der Waals surface area (Å²) in [5.74, 6) is 0.577. The molecule has 0 spiro atoms. The van der Waals surface area contributed by atoms with E-state index in [1.807, 2.05) is 66.7 Å². The fraction of sp³-hybridized carbons (Fsp3) is 0.261. The van der Waals surface area contributed by atoms with Crippen molar-refractivity contribution in [3.05, 3.63) is 84.1 Å². The molecule has 0 unspecified atom stereocenters. The van der Waals surface area contributed by atoms with E-state index < -0.39 is 0 Å².